The zero-order chi connectivity index (χ0) is 12.1. The van der Waals surface area contributed by atoms with E-state index in [1.807, 2.05) is 5.43 Å². The fourth-order valence-corrected chi connectivity index (χ4v) is 1.15. The Hall–Kier alpha value is -1.54. The van der Waals surface area contributed by atoms with Gasteiger partial charge in [0, 0.05) is 7.05 Å². The SMILES string of the molecule is Cn1ncc(C(=O)NN)c1COCC(F)F. The van der Waals surface area contributed by atoms with Crippen LogP contribution in [0.1, 0.15) is 16.1 Å². The van der Waals surface area contributed by atoms with Gasteiger partial charge in [-0.05, 0) is 0 Å². The summed E-state index contributed by atoms with van der Waals surface area (Å²) in [5, 5.41) is 3.82. The normalized spacial score (nSPS) is 10.8. The minimum Gasteiger partial charge on any atom is -0.369 e. The van der Waals surface area contributed by atoms with Crippen LogP contribution >= 0.6 is 0 Å². The Morgan fingerprint density at radius 1 is 1.75 bits per heavy atom. The Morgan fingerprint density at radius 3 is 3.00 bits per heavy atom. The Balaban J connectivity index is 2.70. The molecule has 0 aliphatic heterocycles. The second-order valence-electron chi connectivity index (χ2n) is 3.01. The first kappa shape index (κ1) is 12.5. The van der Waals surface area contributed by atoms with Crippen molar-refractivity contribution in [3.8, 4) is 0 Å². The predicted octanol–water partition coefficient (Wildman–Crippen LogP) is -0.195. The number of rotatable bonds is 5. The van der Waals surface area contributed by atoms with Crippen molar-refractivity contribution < 1.29 is 18.3 Å². The average Bonchev–Trinajstić information content (AvgIpc) is 2.59. The number of aryl methyl sites for hydroxylation is 1. The molecule has 0 aromatic carbocycles. The first-order valence-corrected chi connectivity index (χ1v) is 4.44. The van der Waals surface area contributed by atoms with Crippen LogP contribution in [0.5, 0.6) is 0 Å². The molecule has 16 heavy (non-hydrogen) atoms. The second-order valence-corrected chi connectivity index (χ2v) is 3.01. The van der Waals surface area contributed by atoms with Crippen LogP contribution in [-0.2, 0) is 18.4 Å². The van der Waals surface area contributed by atoms with E-state index in [9.17, 15) is 13.6 Å². The van der Waals surface area contributed by atoms with Crippen molar-refractivity contribution in [2.24, 2.45) is 12.9 Å². The maximum Gasteiger partial charge on any atom is 0.268 e. The summed E-state index contributed by atoms with van der Waals surface area (Å²) in [5.41, 5.74) is 2.54. The van der Waals surface area contributed by atoms with Crippen molar-refractivity contribution in [2.45, 2.75) is 13.0 Å². The second kappa shape index (κ2) is 5.52. The third-order valence-corrected chi connectivity index (χ3v) is 1.92. The van der Waals surface area contributed by atoms with Crippen LogP contribution in [-0.4, -0.2) is 28.7 Å². The topological polar surface area (TPSA) is 82.2 Å². The molecule has 0 saturated carbocycles. The number of nitrogens with one attached hydrogen (secondary N) is 1. The molecule has 1 aromatic heterocycles. The highest BCUT2D eigenvalue weighted by atomic mass is 19.3. The maximum atomic E-state index is 11.8. The predicted molar refractivity (Wildman–Crippen MR) is 50.5 cm³/mol. The van der Waals surface area contributed by atoms with E-state index in [-0.39, 0.29) is 12.2 Å². The van der Waals surface area contributed by atoms with Gasteiger partial charge in [-0.3, -0.25) is 14.9 Å². The fourth-order valence-electron chi connectivity index (χ4n) is 1.15. The molecule has 0 radical (unpaired) electrons. The molecular formula is C8H12F2N4O2. The number of carbonyl (C=O) groups is 1. The van der Waals surface area contributed by atoms with Gasteiger partial charge in [0.2, 0.25) is 0 Å². The smallest absolute Gasteiger partial charge is 0.268 e. The van der Waals surface area contributed by atoms with Crippen molar-refractivity contribution in [1.82, 2.24) is 15.2 Å². The summed E-state index contributed by atoms with van der Waals surface area (Å²) in [4.78, 5) is 11.3. The highest BCUT2D eigenvalue weighted by Gasteiger charge is 2.15. The highest BCUT2D eigenvalue weighted by molar-refractivity contribution is 5.94. The zero-order valence-corrected chi connectivity index (χ0v) is 8.61. The van der Waals surface area contributed by atoms with Gasteiger partial charge >= 0.3 is 0 Å². The lowest BCUT2D eigenvalue weighted by molar-refractivity contribution is 0.00772. The number of amides is 1. The summed E-state index contributed by atoms with van der Waals surface area (Å²) >= 11 is 0. The summed E-state index contributed by atoms with van der Waals surface area (Å²) < 4.78 is 29.8. The Bertz CT molecular complexity index is 367. The molecule has 8 heteroatoms. The van der Waals surface area contributed by atoms with E-state index in [2.05, 4.69) is 5.10 Å². The lowest BCUT2D eigenvalue weighted by Crippen LogP contribution is -2.30. The molecule has 0 spiro atoms. The summed E-state index contributed by atoms with van der Waals surface area (Å²) in [5.74, 6) is 4.42. The van der Waals surface area contributed by atoms with E-state index in [0.717, 1.165) is 0 Å². The van der Waals surface area contributed by atoms with Crippen LogP contribution in [0.3, 0.4) is 0 Å². The van der Waals surface area contributed by atoms with Gasteiger partial charge in [0.25, 0.3) is 12.3 Å². The molecular weight excluding hydrogens is 222 g/mol. The van der Waals surface area contributed by atoms with Gasteiger partial charge in [-0.2, -0.15) is 5.10 Å². The highest BCUT2D eigenvalue weighted by Crippen LogP contribution is 2.09. The fraction of sp³-hybridized carbons (Fsp3) is 0.500. The number of carbonyl (C=O) groups excluding carboxylic acids is 1. The first-order chi connectivity index (χ1) is 7.56. The number of aromatic nitrogens is 2. The molecule has 0 aliphatic rings. The molecule has 1 rings (SSSR count). The first-order valence-electron chi connectivity index (χ1n) is 4.44. The van der Waals surface area contributed by atoms with Crippen LogP contribution in [0.4, 0.5) is 8.78 Å². The van der Waals surface area contributed by atoms with Crippen molar-refractivity contribution in [3.05, 3.63) is 17.5 Å². The van der Waals surface area contributed by atoms with Crippen LogP contribution in [0, 0.1) is 0 Å². The molecule has 1 amide bonds. The Morgan fingerprint density at radius 2 is 2.44 bits per heavy atom. The van der Waals surface area contributed by atoms with Gasteiger partial charge in [-0.25, -0.2) is 14.6 Å². The quantitative estimate of drug-likeness (QED) is 0.420. The molecule has 6 nitrogen and oxygen atoms in total. The van der Waals surface area contributed by atoms with Gasteiger partial charge in [0.05, 0.1) is 24.1 Å². The molecule has 0 fully saturated rings. The van der Waals surface area contributed by atoms with Gasteiger partial charge < -0.3 is 4.74 Å². The van der Waals surface area contributed by atoms with Crippen molar-refractivity contribution in [3.63, 3.8) is 0 Å². The van der Waals surface area contributed by atoms with E-state index in [1.54, 1.807) is 7.05 Å². The minimum absolute atomic E-state index is 0.121. The van der Waals surface area contributed by atoms with E-state index < -0.39 is 18.9 Å². The molecule has 0 unspecified atom stereocenters. The van der Waals surface area contributed by atoms with E-state index >= 15 is 0 Å². The van der Waals surface area contributed by atoms with Gasteiger partial charge in [-0.15, -0.1) is 0 Å². The van der Waals surface area contributed by atoms with Crippen LogP contribution in [0.15, 0.2) is 6.20 Å². The van der Waals surface area contributed by atoms with Crippen molar-refractivity contribution >= 4 is 5.91 Å². The number of nitrogen functional groups attached to an aromatic ring is 1. The monoisotopic (exact) mass is 234 g/mol. The Kier molecular flexibility index (Phi) is 4.32. The Labute approximate surface area is 90.3 Å². The summed E-state index contributed by atoms with van der Waals surface area (Å²) in [7, 11) is 1.58. The van der Waals surface area contributed by atoms with Crippen LogP contribution in [0.25, 0.3) is 0 Å². The largest absolute Gasteiger partial charge is 0.369 e. The number of ether oxygens (including phenoxy) is 1. The van der Waals surface area contributed by atoms with E-state index in [4.69, 9.17) is 10.6 Å². The van der Waals surface area contributed by atoms with Crippen LogP contribution in [0.2, 0.25) is 0 Å². The van der Waals surface area contributed by atoms with Gasteiger partial charge in [0.1, 0.15) is 6.61 Å². The number of hydrazine groups is 1. The molecule has 1 aromatic rings. The third-order valence-electron chi connectivity index (χ3n) is 1.92. The standard InChI is InChI=1S/C8H12F2N4O2/c1-14-6(3-16-4-7(9)10)5(2-12-14)8(15)13-11/h2,7H,3-4,11H2,1H3,(H,13,15). The molecule has 0 atom stereocenters. The number of hydrogen-bond acceptors (Lipinski definition) is 4. The third kappa shape index (κ3) is 2.97. The number of nitrogens with zero attached hydrogens (tertiary/aromatic N) is 2. The van der Waals surface area contributed by atoms with Crippen LogP contribution < -0.4 is 11.3 Å². The van der Waals surface area contributed by atoms with Crippen molar-refractivity contribution in [1.29, 1.82) is 0 Å². The van der Waals surface area contributed by atoms with E-state index in [1.165, 1.54) is 10.9 Å². The molecule has 90 valence electrons. The van der Waals surface area contributed by atoms with Crippen molar-refractivity contribution in [2.75, 3.05) is 6.61 Å². The lowest BCUT2D eigenvalue weighted by Gasteiger charge is -2.06. The van der Waals surface area contributed by atoms with Gasteiger partial charge in [0.15, 0.2) is 0 Å². The van der Waals surface area contributed by atoms with E-state index in [0.29, 0.717) is 5.69 Å². The summed E-state index contributed by atoms with van der Waals surface area (Å²) in [6, 6.07) is 0. The zero-order valence-electron chi connectivity index (χ0n) is 8.61. The molecule has 0 saturated heterocycles. The molecule has 1 heterocycles. The minimum atomic E-state index is -2.54. The number of halogens is 2. The average molecular weight is 234 g/mol. The summed E-state index contributed by atoms with van der Waals surface area (Å²) in [6.45, 7) is -0.807. The summed E-state index contributed by atoms with van der Waals surface area (Å²) in [6.07, 6.45) is -1.25. The number of alkyl halides is 2. The van der Waals surface area contributed by atoms with Gasteiger partial charge in [-0.1, -0.05) is 0 Å². The molecule has 3 N–H and O–H groups in total. The number of hydrogen-bond donors (Lipinski definition) is 2. The molecule has 0 aliphatic carbocycles. The maximum absolute atomic E-state index is 11.8. The lowest BCUT2D eigenvalue weighted by atomic mass is 10.2. The molecule has 0 bridgehead atoms. The number of nitrogens with two attached hydrogens (primary N) is 1.